The predicted molar refractivity (Wildman–Crippen MR) is 128 cm³/mol. The molecule has 1 atom stereocenters. The van der Waals surface area contributed by atoms with Crippen molar-refractivity contribution in [3.05, 3.63) is 47.1 Å². The number of pyridine rings is 1. The van der Waals surface area contributed by atoms with Crippen molar-refractivity contribution >= 4 is 17.8 Å². The number of hydrogen-bond donors (Lipinski definition) is 1. The molecule has 4 amide bonds. The minimum Gasteiger partial charge on any atom is -0.360 e. The summed E-state index contributed by atoms with van der Waals surface area (Å²) in [6.07, 6.45) is 8.73. The fourth-order valence-corrected chi connectivity index (χ4v) is 5.94. The Labute approximate surface area is 205 Å². The van der Waals surface area contributed by atoms with E-state index >= 15 is 0 Å². The van der Waals surface area contributed by atoms with Gasteiger partial charge in [-0.25, -0.2) is 4.79 Å². The number of amides is 4. The van der Waals surface area contributed by atoms with E-state index in [0.717, 1.165) is 49.1 Å². The van der Waals surface area contributed by atoms with Crippen molar-refractivity contribution in [1.82, 2.24) is 25.3 Å². The molecule has 5 rings (SSSR count). The number of rotatable bonds is 7. The minimum absolute atomic E-state index is 0.0194. The van der Waals surface area contributed by atoms with E-state index in [1.165, 1.54) is 4.90 Å². The maximum absolute atomic E-state index is 13.6. The number of carbonyl (C=O) groups is 3. The van der Waals surface area contributed by atoms with Crippen LogP contribution in [0, 0.1) is 5.92 Å². The normalized spacial score (nSPS) is 22.9. The lowest BCUT2D eigenvalue weighted by atomic mass is 9.74. The number of carbonyl (C=O) groups excluding carboxylic acids is 3. The molecule has 2 saturated heterocycles. The smallest absolute Gasteiger partial charge is 0.325 e. The standard InChI is InChI=1S/C26H33N5O4/c1-2-13-26(24(33)31(25(34)28-26)17-12-19-7-5-6-14-27-19)18-10-15-30(16-11-18)23(32)22-20-8-3-4-9-21(20)35-29-22/h5-7,14,18H,2-4,8-13,15-17H2,1H3,(H,28,34)/t26-/m0/s1. The van der Waals surface area contributed by atoms with Crippen molar-refractivity contribution in [2.75, 3.05) is 19.6 Å². The summed E-state index contributed by atoms with van der Waals surface area (Å²) in [6.45, 7) is 3.41. The number of piperidine rings is 1. The molecule has 186 valence electrons. The van der Waals surface area contributed by atoms with Crippen LogP contribution >= 0.6 is 0 Å². The highest BCUT2D eigenvalue weighted by molar-refractivity contribution is 6.07. The summed E-state index contributed by atoms with van der Waals surface area (Å²) < 4.78 is 5.44. The Morgan fingerprint density at radius 3 is 2.74 bits per heavy atom. The van der Waals surface area contributed by atoms with Crippen LogP contribution in [0.5, 0.6) is 0 Å². The number of imide groups is 1. The summed E-state index contributed by atoms with van der Waals surface area (Å²) in [4.78, 5) is 47.2. The van der Waals surface area contributed by atoms with Crippen LogP contribution in [-0.2, 0) is 24.1 Å². The van der Waals surface area contributed by atoms with Gasteiger partial charge in [-0.2, -0.15) is 0 Å². The van der Waals surface area contributed by atoms with Gasteiger partial charge in [0, 0.05) is 49.9 Å². The Morgan fingerprint density at radius 1 is 1.20 bits per heavy atom. The van der Waals surface area contributed by atoms with Crippen LogP contribution in [0.3, 0.4) is 0 Å². The molecule has 1 aliphatic carbocycles. The predicted octanol–water partition coefficient (Wildman–Crippen LogP) is 3.13. The molecule has 2 aromatic rings. The van der Waals surface area contributed by atoms with E-state index in [1.807, 2.05) is 30.0 Å². The van der Waals surface area contributed by atoms with Crippen LogP contribution in [0.4, 0.5) is 4.79 Å². The molecule has 3 aliphatic rings. The third kappa shape index (κ3) is 4.32. The maximum Gasteiger partial charge on any atom is 0.325 e. The number of fused-ring (bicyclic) bond motifs is 1. The molecule has 9 heteroatoms. The largest absolute Gasteiger partial charge is 0.360 e. The molecular weight excluding hydrogens is 446 g/mol. The van der Waals surface area contributed by atoms with Crippen LogP contribution in [0.2, 0.25) is 0 Å². The van der Waals surface area contributed by atoms with Crippen LogP contribution in [-0.4, -0.2) is 63.0 Å². The topological polar surface area (TPSA) is 109 Å². The highest BCUT2D eigenvalue weighted by atomic mass is 16.5. The summed E-state index contributed by atoms with van der Waals surface area (Å²) in [7, 11) is 0. The summed E-state index contributed by atoms with van der Waals surface area (Å²) in [5, 5.41) is 7.17. The van der Waals surface area contributed by atoms with Crippen LogP contribution in [0.1, 0.15) is 73.0 Å². The molecule has 4 heterocycles. The zero-order chi connectivity index (χ0) is 24.4. The molecule has 0 saturated carbocycles. The highest BCUT2D eigenvalue weighted by Crippen LogP contribution is 2.37. The van der Waals surface area contributed by atoms with Gasteiger partial charge in [0.05, 0.1) is 0 Å². The number of aryl methyl sites for hydroxylation is 1. The molecule has 0 radical (unpaired) electrons. The molecule has 2 aromatic heterocycles. The van der Waals surface area contributed by atoms with Crippen molar-refractivity contribution in [1.29, 1.82) is 0 Å². The number of urea groups is 1. The monoisotopic (exact) mass is 479 g/mol. The molecule has 9 nitrogen and oxygen atoms in total. The van der Waals surface area contributed by atoms with Gasteiger partial charge in [-0.15, -0.1) is 0 Å². The highest BCUT2D eigenvalue weighted by Gasteiger charge is 2.55. The fraction of sp³-hybridized carbons (Fsp3) is 0.577. The van der Waals surface area contributed by atoms with Gasteiger partial charge in [-0.3, -0.25) is 19.5 Å². The molecule has 0 spiro atoms. The first kappa shape index (κ1) is 23.5. The lowest BCUT2D eigenvalue weighted by Crippen LogP contribution is -2.56. The second-order valence-electron chi connectivity index (χ2n) is 9.89. The van der Waals surface area contributed by atoms with Crippen molar-refractivity contribution in [3.63, 3.8) is 0 Å². The number of nitrogens with zero attached hydrogens (tertiary/aromatic N) is 4. The second kappa shape index (κ2) is 9.79. The summed E-state index contributed by atoms with van der Waals surface area (Å²) in [6, 6.07) is 5.32. The van der Waals surface area contributed by atoms with Crippen molar-refractivity contribution < 1.29 is 18.9 Å². The van der Waals surface area contributed by atoms with E-state index < -0.39 is 5.54 Å². The zero-order valence-electron chi connectivity index (χ0n) is 20.3. The Kier molecular flexibility index (Phi) is 6.58. The number of aromatic nitrogens is 2. The Bertz CT molecular complexity index is 1090. The summed E-state index contributed by atoms with van der Waals surface area (Å²) in [5.41, 5.74) is 1.36. The molecule has 2 fully saturated rings. The third-order valence-corrected chi connectivity index (χ3v) is 7.80. The quantitative estimate of drug-likeness (QED) is 0.611. The Balaban J connectivity index is 1.26. The second-order valence-corrected chi connectivity index (χ2v) is 9.89. The van der Waals surface area contributed by atoms with Crippen molar-refractivity contribution in [3.8, 4) is 0 Å². The van der Waals surface area contributed by atoms with Crippen LogP contribution < -0.4 is 5.32 Å². The van der Waals surface area contributed by atoms with Gasteiger partial charge in [0.25, 0.3) is 11.8 Å². The zero-order valence-corrected chi connectivity index (χ0v) is 20.3. The van der Waals surface area contributed by atoms with E-state index in [1.54, 1.807) is 6.20 Å². The molecule has 2 aliphatic heterocycles. The first-order valence-electron chi connectivity index (χ1n) is 12.8. The minimum atomic E-state index is -0.905. The number of nitrogens with one attached hydrogen (secondary N) is 1. The molecule has 1 N–H and O–H groups in total. The average molecular weight is 480 g/mol. The average Bonchev–Trinajstić information content (AvgIpc) is 3.42. The van der Waals surface area contributed by atoms with Crippen LogP contribution in [0.25, 0.3) is 0 Å². The fourth-order valence-electron chi connectivity index (χ4n) is 5.94. The molecule has 35 heavy (non-hydrogen) atoms. The van der Waals surface area contributed by atoms with Crippen LogP contribution in [0.15, 0.2) is 28.9 Å². The maximum atomic E-state index is 13.6. The number of likely N-dealkylation sites (tertiary alicyclic amines) is 1. The van der Waals surface area contributed by atoms with Gasteiger partial charge in [0.15, 0.2) is 5.69 Å². The van der Waals surface area contributed by atoms with E-state index in [4.69, 9.17) is 4.52 Å². The van der Waals surface area contributed by atoms with Gasteiger partial charge in [-0.1, -0.05) is 24.6 Å². The van der Waals surface area contributed by atoms with Gasteiger partial charge >= 0.3 is 6.03 Å². The lowest BCUT2D eigenvalue weighted by Gasteiger charge is -2.40. The summed E-state index contributed by atoms with van der Waals surface area (Å²) >= 11 is 0. The van der Waals surface area contributed by atoms with E-state index in [0.29, 0.717) is 51.0 Å². The summed E-state index contributed by atoms with van der Waals surface area (Å²) in [5.74, 6) is 0.602. The molecule has 0 aromatic carbocycles. The Hall–Kier alpha value is -3.23. The van der Waals surface area contributed by atoms with Crippen molar-refractivity contribution in [2.24, 2.45) is 5.92 Å². The van der Waals surface area contributed by atoms with Gasteiger partial charge in [0.1, 0.15) is 11.3 Å². The Morgan fingerprint density at radius 2 is 2.00 bits per heavy atom. The first-order valence-corrected chi connectivity index (χ1v) is 12.8. The van der Waals surface area contributed by atoms with E-state index in [-0.39, 0.29) is 23.8 Å². The van der Waals surface area contributed by atoms with Crippen molar-refractivity contribution in [2.45, 2.75) is 70.3 Å². The van der Waals surface area contributed by atoms with E-state index in [9.17, 15) is 14.4 Å². The van der Waals surface area contributed by atoms with Gasteiger partial charge in [-0.05, 0) is 56.6 Å². The van der Waals surface area contributed by atoms with Gasteiger partial charge < -0.3 is 14.7 Å². The molecular formula is C26H33N5O4. The molecule has 0 bridgehead atoms. The number of hydrogen-bond acceptors (Lipinski definition) is 6. The SMILES string of the molecule is CCC[C@@]1(C2CCN(C(=O)c3noc4c3CCCC4)CC2)NC(=O)N(CCc2ccccn2)C1=O. The lowest BCUT2D eigenvalue weighted by molar-refractivity contribution is -0.134. The van der Waals surface area contributed by atoms with E-state index in [2.05, 4.69) is 15.5 Å². The molecule has 0 unspecified atom stereocenters. The van der Waals surface area contributed by atoms with Gasteiger partial charge in [0.2, 0.25) is 0 Å². The first-order chi connectivity index (χ1) is 17.0. The third-order valence-electron chi connectivity index (χ3n) is 7.80.